The van der Waals surface area contributed by atoms with Gasteiger partial charge in [-0.3, -0.25) is 4.79 Å². The van der Waals surface area contributed by atoms with E-state index in [0.717, 1.165) is 0 Å². The second kappa shape index (κ2) is 7.76. The van der Waals surface area contributed by atoms with E-state index in [1.54, 1.807) is 13.0 Å². The molecular formula is C13H17F2NO4. The van der Waals surface area contributed by atoms with Crippen LogP contribution < -0.4 is 10.1 Å². The first kappa shape index (κ1) is 16.3. The van der Waals surface area contributed by atoms with Crippen LogP contribution in [0.15, 0.2) is 24.3 Å². The van der Waals surface area contributed by atoms with E-state index in [1.165, 1.54) is 32.4 Å². The van der Waals surface area contributed by atoms with Crippen LogP contribution >= 0.6 is 0 Å². The Kier molecular flexibility index (Phi) is 6.33. The third-order valence-electron chi connectivity index (χ3n) is 2.58. The van der Waals surface area contributed by atoms with E-state index in [2.05, 4.69) is 10.1 Å². The smallest absolute Gasteiger partial charge is 0.387 e. The number of hydrogen-bond acceptors (Lipinski definition) is 4. The fourth-order valence-electron chi connectivity index (χ4n) is 1.71. The Bertz CT molecular complexity index is 438. The van der Waals surface area contributed by atoms with Crippen LogP contribution in [0, 0.1) is 0 Å². The molecule has 0 fully saturated rings. The van der Waals surface area contributed by atoms with E-state index in [1.807, 2.05) is 0 Å². The molecule has 0 saturated heterocycles. The van der Waals surface area contributed by atoms with Crippen molar-refractivity contribution in [2.24, 2.45) is 0 Å². The molecule has 7 heteroatoms. The highest BCUT2D eigenvalue weighted by molar-refractivity contribution is 5.97. The average Bonchev–Trinajstić information content (AvgIpc) is 2.39. The van der Waals surface area contributed by atoms with Gasteiger partial charge in [-0.25, -0.2) is 0 Å². The number of carbonyl (C=O) groups is 1. The first-order valence-corrected chi connectivity index (χ1v) is 5.89. The molecule has 0 heterocycles. The Labute approximate surface area is 115 Å². The van der Waals surface area contributed by atoms with Crippen LogP contribution in [0.4, 0.5) is 8.78 Å². The van der Waals surface area contributed by atoms with Crippen LogP contribution in [-0.2, 0) is 9.47 Å². The minimum atomic E-state index is -2.99. The fourth-order valence-corrected chi connectivity index (χ4v) is 1.71. The molecule has 1 aromatic rings. The molecule has 1 amide bonds. The minimum Gasteiger partial charge on any atom is -0.434 e. The molecule has 1 atom stereocenters. The Morgan fingerprint density at radius 3 is 2.35 bits per heavy atom. The quantitative estimate of drug-likeness (QED) is 0.780. The van der Waals surface area contributed by atoms with Crippen molar-refractivity contribution in [1.82, 2.24) is 5.32 Å². The van der Waals surface area contributed by atoms with Gasteiger partial charge in [0, 0.05) is 14.2 Å². The van der Waals surface area contributed by atoms with E-state index < -0.39 is 24.9 Å². The average molecular weight is 289 g/mol. The molecule has 0 aliphatic heterocycles. The summed E-state index contributed by atoms with van der Waals surface area (Å²) >= 11 is 0. The molecule has 0 bridgehead atoms. The number of amides is 1. The third-order valence-corrected chi connectivity index (χ3v) is 2.58. The van der Waals surface area contributed by atoms with Gasteiger partial charge in [0.1, 0.15) is 5.75 Å². The molecule has 1 rings (SSSR count). The summed E-state index contributed by atoms with van der Waals surface area (Å²) in [7, 11) is 2.87. The normalized spacial score (nSPS) is 12.6. The van der Waals surface area contributed by atoms with Crippen LogP contribution in [0.3, 0.4) is 0 Å². The first-order valence-electron chi connectivity index (χ1n) is 5.89. The van der Waals surface area contributed by atoms with Crippen LogP contribution in [0.5, 0.6) is 5.75 Å². The summed E-state index contributed by atoms with van der Waals surface area (Å²) < 4.78 is 38.9. The van der Waals surface area contributed by atoms with E-state index >= 15 is 0 Å². The standard InChI is InChI=1S/C13H17F2NO4/c1-8(12(18-2)19-3)16-11(17)9-6-4-5-7-10(9)20-13(14)15/h4-8,12-13H,1-3H3,(H,16,17). The van der Waals surface area contributed by atoms with Gasteiger partial charge in [-0.05, 0) is 19.1 Å². The SMILES string of the molecule is COC(OC)C(C)NC(=O)c1ccccc1OC(F)F. The van der Waals surface area contributed by atoms with Crippen molar-refractivity contribution in [2.45, 2.75) is 25.9 Å². The Morgan fingerprint density at radius 1 is 1.20 bits per heavy atom. The third kappa shape index (κ3) is 4.43. The zero-order chi connectivity index (χ0) is 15.1. The number of nitrogens with one attached hydrogen (secondary N) is 1. The second-order valence-corrected chi connectivity index (χ2v) is 3.98. The van der Waals surface area contributed by atoms with E-state index in [-0.39, 0.29) is 11.3 Å². The number of para-hydroxylation sites is 1. The van der Waals surface area contributed by atoms with Crippen molar-refractivity contribution in [3.8, 4) is 5.75 Å². The predicted octanol–water partition coefficient (Wildman–Crippen LogP) is 2.03. The van der Waals surface area contributed by atoms with Crippen molar-refractivity contribution in [2.75, 3.05) is 14.2 Å². The lowest BCUT2D eigenvalue weighted by Crippen LogP contribution is -2.43. The first-order chi connectivity index (χ1) is 9.49. The van der Waals surface area contributed by atoms with Gasteiger partial charge in [-0.1, -0.05) is 12.1 Å². The molecule has 0 saturated carbocycles. The van der Waals surface area contributed by atoms with Gasteiger partial charge in [0.25, 0.3) is 5.91 Å². The highest BCUT2D eigenvalue weighted by Crippen LogP contribution is 2.20. The fraction of sp³-hybridized carbons (Fsp3) is 0.462. The maximum atomic E-state index is 12.3. The van der Waals surface area contributed by atoms with Crippen molar-refractivity contribution < 1.29 is 27.8 Å². The molecule has 0 aliphatic carbocycles. The molecule has 1 aromatic carbocycles. The summed E-state index contributed by atoms with van der Waals surface area (Å²) in [5.74, 6) is -0.730. The molecular weight excluding hydrogens is 272 g/mol. The van der Waals surface area contributed by atoms with E-state index in [0.29, 0.717) is 0 Å². The number of benzene rings is 1. The largest absolute Gasteiger partial charge is 0.434 e. The molecule has 20 heavy (non-hydrogen) atoms. The lowest BCUT2D eigenvalue weighted by atomic mass is 10.1. The van der Waals surface area contributed by atoms with Crippen molar-refractivity contribution in [3.63, 3.8) is 0 Å². The zero-order valence-electron chi connectivity index (χ0n) is 11.4. The maximum Gasteiger partial charge on any atom is 0.387 e. The maximum absolute atomic E-state index is 12.3. The van der Waals surface area contributed by atoms with Crippen molar-refractivity contribution in [1.29, 1.82) is 0 Å². The summed E-state index contributed by atoms with van der Waals surface area (Å²) in [6.07, 6.45) is -0.637. The van der Waals surface area contributed by atoms with E-state index in [4.69, 9.17) is 9.47 Å². The molecule has 0 aliphatic rings. The van der Waals surface area contributed by atoms with Crippen LogP contribution in [0.1, 0.15) is 17.3 Å². The molecule has 1 N–H and O–H groups in total. The van der Waals surface area contributed by atoms with Gasteiger partial charge in [-0.2, -0.15) is 8.78 Å². The molecule has 0 spiro atoms. The minimum absolute atomic E-state index is 0.0191. The van der Waals surface area contributed by atoms with Gasteiger partial charge >= 0.3 is 6.61 Å². The van der Waals surface area contributed by atoms with Crippen molar-refractivity contribution in [3.05, 3.63) is 29.8 Å². The number of hydrogen-bond donors (Lipinski definition) is 1. The monoisotopic (exact) mass is 289 g/mol. The highest BCUT2D eigenvalue weighted by atomic mass is 19.3. The highest BCUT2D eigenvalue weighted by Gasteiger charge is 2.21. The molecule has 5 nitrogen and oxygen atoms in total. The number of rotatable bonds is 7. The van der Waals surface area contributed by atoms with Crippen LogP contribution in [0.2, 0.25) is 0 Å². The number of carbonyl (C=O) groups excluding carboxylic acids is 1. The lowest BCUT2D eigenvalue weighted by molar-refractivity contribution is -0.117. The van der Waals surface area contributed by atoms with Gasteiger partial charge < -0.3 is 19.5 Å². The number of halogens is 2. The molecule has 0 radical (unpaired) electrons. The summed E-state index contributed by atoms with van der Waals surface area (Å²) in [5, 5.41) is 2.60. The summed E-state index contributed by atoms with van der Waals surface area (Å²) in [4.78, 5) is 12.0. The Hall–Kier alpha value is -1.73. The van der Waals surface area contributed by atoms with Crippen molar-refractivity contribution >= 4 is 5.91 Å². The topological polar surface area (TPSA) is 56.8 Å². The predicted molar refractivity (Wildman–Crippen MR) is 67.8 cm³/mol. The molecule has 0 aromatic heterocycles. The Balaban J connectivity index is 2.82. The van der Waals surface area contributed by atoms with Crippen LogP contribution in [0.25, 0.3) is 0 Å². The van der Waals surface area contributed by atoms with Crippen LogP contribution in [-0.4, -0.2) is 39.1 Å². The number of alkyl halides is 2. The molecule has 1 unspecified atom stereocenters. The summed E-state index contributed by atoms with van der Waals surface area (Å²) in [6.45, 7) is -1.32. The van der Waals surface area contributed by atoms with E-state index in [9.17, 15) is 13.6 Å². The van der Waals surface area contributed by atoms with Gasteiger partial charge in [-0.15, -0.1) is 0 Å². The van der Waals surface area contributed by atoms with Gasteiger partial charge in [0.15, 0.2) is 6.29 Å². The van der Waals surface area contributed by atoms with Gasteiger partial charge in [0.05, 0.1) is 11.6 Å². The Morgan fingerprint density at radius 2 is 1.80 bits per heavy atom. The number of ether oxygens (including phenoxy) is 3. The lowest BCUT2D eigenvalue weighted by Gasteiger charge is -2.22. The molecule has 112 valence electrons. The summed E-state index contributed by atoms with van der Waals surface area (Å²) in [5.41, 5.74) is 0.0191. The zero-order valence-corrected chi connectivity index (χ0v) is 11.4. The number of methoxy groups -OCH3 is 2. The van der Waals surface area contributed by atoms with Gasteiger partial charge in [0.2, 0.25) is 0 Å². The summed E-state index contributed by atoms with van der Waals surface area (Å²) in [6, 6.07) is 5.30. The second-order valence-electron chi connectivity index (χ2n) is 3.98.